The standard InChI is InChI=1S/C12H14O3/c1-2-4-9(8-12(14)15)10-5-3-6-11(13)7-10/h2-3,5-7,9,13H,1,4,8H2,(H,14,15)/t9-/m0/s1. The lowest BCUT2D eigenvalue weighted by atomic mass is 9.92. The maximum Gasteiger partial charge on any atom is 0.303 e. The van der Waals surface area contributed by atoms with Gasteiger partial charge in [0.25, 0.3) is 0 Å². The molecule has 0 aromatic heterocycles. The monoisotopic (exact) mass is 206 g/mol. The van der Waals surface area contributed by atoms with Crippen LogP contribution in [0.15, 0.2) is 36.9 Å². The number of phenolic OH excluding ortho intramolecular Hbond substituents is 1. The molecule has 0 aliphatic carbocycles. The van der Waals surface area contributed by atoms with Gasteiger partial charge in [0, 0.05) is 0 Å². The zero-order valence-corrected chi connectivity index (χ0v) is 8.39. The summed E-state index contributed by atoms with van der Waals surface area (Å²) in [5.74, 6) is -0.802. The Bertz CT molecular complexity index is 358. The van der Waals surface area contributed by atoms with Crippen LogP contribution in [0.1, 0.15) is 24.3 Å². The number of phenols is 1. The zero-order valence-electron chi connectivity index (χ0n) is 8.39. The van der Waals surface area contributed by atoms with E-state index in [1.54, 1.807) is 24.3 Å². The SMILES string of the molecule is C=CC[C@@H](CC(=O)O)c1cccc(O)c1. The Morgan fingerprint density at radius 1 is 1.53 bits per heavy atom. The van der Waals surface area contributed by atoms with Gasteiger partial charge in [-0.1, -0.05) is 18.2 Å². The van der Waals surface area contributed by atoms with Crippen LogP contribution in [0.5, 0.6) is 5.75 Å². The maximum absolute atomic E-state index is 10.6. The normalized spacial score (nSPS) is 12.0. The summed E-state index contributed by atoms with van der Waals surface area (Å²) in [7, 11) is 0. The van der Waals surface area contributed by atoms with Gasteiger partial charge in [0.15, 0.2) is 0 Å². The van der Waals surface area contributed by atoms with Gasteiger partial charge >= 0.3 is 5.97 Å². The van der Waals surface area contributed by atoms with Crippen LogP contribution in [0.2, 0.25) is 0 Å². The van der Waals surface area contributed by atoms with Gasteiger partial charge < -0.3 is 10.2 Å². The highest BCUT2D eigenvalue weighted by Gasteiger charge is 2.14. The van der Waals surface area contributed by atoms with E-state index in [4.69, 9.17) is 5.11 Å². The second-order valence-corrected chi connectivity index (χ2v) is 3.41. The third kappa shape index (κ3) is 3.46. The molecular weight excluding hydrogens is 192 g/mol. The maximum atomic E-state index is 10.6. The Balaban J connectivity index is 2.87. The molecule has 3 nitrogen and oxygen atoms in total. The molecule has 0 fully saturated rings. The van der Waals surface area contributed by atoms with Gasteiger partial charge in [0.2, 0.25) is 0 Å². The third-order valence-corrected chi connectivity index (χ3v) is 2.21. The fourth-order valence-electron chi connectivity index (χ4n) is 1.53. The van der Waals surface area contributed by atoms with Crippen LogP contribution in [0.25, 0.3) is 0 Å². The molecule has 2 N–H and O–H groups in total. The smallest absolute Gasteiger partial charge is 0.303 e. The molecule has 0 heterocycles. The summed E-state index contributed by atoms with van der Waals surface area (Å²) < 4.78 is 0. The van der Waals surface area contributed by atoms with Gasteiger partial charge in [0.05, 0.1) is 6.42 Å². The largest absolute Gasteiger partial charge is 0.508 e. The van der Waals surface area contributed by atoms with Crippen molar-refractivity contribution in [1.82, 2.24) is 0 Å². The molecule has 3 heteroatoms. The molecule has 1 aromatic rings. The minimum Gasteiger partial charge on any atom is -0.508 e. The van der Waals surface area contributed by atoms with Crippen LogP contribution in [0.4, 0.5) is 0 Å². The molecule has 1 rings (SSSR count). The molecule has 0 saturated carbocycles. The highest BCUT2D eigenvalue weighted by molar-refractivity contribution is 5.68. The van der Waals surface area contributed by atoms with E-state index in [-0.39, 0.29) is 18.1 Å². The predicted molar refractivity (Wildman–Crippen MR) is 57.9 cm³/mol. The minimum atomic E-state index is -0.842. The van der Waals surface area contributed by atoms with E-state index in [9.17, 15) is 9.90 Å². The van der Waals surface area contributed by atoms with Gasteiger partial charge in [0.1, 0.15) is 5.75 Å². The molecule has 0 saturated heterocycles. The lowest BCUT2D eigenvalue weighted by Crippen LogP contribution is -2.05. The number of allylic oxidation sites excluding steroid dienone is 1. The molecule has 80 valence electrons. The summed E-state index contributed by atoms with van der Waals surface area (Å²) in [5, 5.41) is 18.0. The molecule has 0 aliphatic rings. The quantitative estimate of drug-likeness (QED) is 0.728. The molecule has 0 bridgehead atoms. The molecule has 0 spiro atoms. The average molecular weight is 206 g/mol. The molecular formula is C12H14O3. The number of carboxylic acid groups (broad SMARTS) is 1. The summed E-state index contributed by atoms with van der Waals surface area (Å²) in [6.07, 6.45) is 2.34. The number of rotatable bonds is 5. The van der Waals surface area contributed by atoms with E-state index in [1.165, 1.54) is 0 Å². The molecule has 0 amide bonds. The van der Waals surface area contributed by atoms with Gasteiger partial charge in [-0.2, -0.15) is 0 Å². The summed E-state index contributed by atoms with van der Waals surface area (Å²) >= 11 is 0. The Hall–Kier alpha value is -1.77. The van der Waals surface area contributed by atoms with Crippen LogP contribution in [0.3, 0.4) is 0 Å². The lowest BCUT2D eigenvalue weighted by molar-refractivity contribution is -0.137. The van der Waals surface area contributed by atoms with Crippen molar-refractivity contribution in [3.05, 3.63) is 42.5 Å². The first-order valence-corrected chi connectivity index (χ1v) is 4.75. The Labute approximate surface area is 88.7 Å². The molecule has 1 atom stereocenters. The van der Waals surface area contributed by atoms with Crippen LogP contribution in [-0.4, -0.2) is 16.2 Å². The Morgan fingerprint density at radius 2 is 2.27 bits per heavy atom. The number of hydrogen-bond donors (Lipinski definition) is 2. The number of aliphatic carboxylic acids is 1. The number of hydrogen-bond acceptors (Lipinski definition) is 2. The number of carboxylic acids is 1. The van der Waals surface area contributed by atoms with E-state index in [0.717, 1.165) is 5.56 Å². The van der Waals surface area contributed by atoms with E-state index in [0.29, 0.717) is 6.42 Å². The van der Waals surface area contributed by atoms with E-state index in [1.807, 2.05) is 6.07 Å². The Morgan fingerprint density at radius 3 is 2.80 bits per heavy atom. The number of carbonyl (C=O) groups is 1. The number of benzene rings is 1. The van der Waals surface area contributed by atoms with E-state index >= 15 is 0 Å². The van der Waals surface area contributed by atoms with Gasteiger partial charge in [-0.05, 0) is 30.0 Å². The Kier molecular flexibility index (Phi) is 3.92. The van der Waals surface area contributed by atoms with Crippen LogP contribution in [0, 0.1) is 0 Å². The van der Waals surface area contributed by atoms with Crippen molar-refractivity contribution < 1.29 is 15.0 Å². The van der Waals surface area contributed by atoms with Crippen molar-refractivity contribution in [3.63, 3.8) is 0 Å². The fraction of sp³-hybridized carbons (Fsp3) is 0.250. The van der Waals surface area contributed by atoms with Crippen molar-refractivity contribution in [2.45, 2.75) is 18.8 Å². The highest BCUT2D eigenvalue weighted by Crippen LogP contribution is 2.26. The van der Waals surface area contributed by atoms with Crippen molar-refractivity contribution in [3.8, 4) is 5.75 Å². The summed E-state index contributed by atoms with van der Waals surface area (Å²) in [6, 6.07) is 6.69. The van der Waals surface area contributed by atoms with Crippen molar-refractivity contribution in [2.75, 3.05) is 0 Å². The second-order valence-electron chi connectivity index (χ2n) is 3.41. The van der Waals surface area contributed by atoms with Gasteiger partial charge in [-0.25, -0.2) is 0 Å². The van der Waals surface area contributed by atoms with Crippen molar-refractivity contribution in [2.24, 2.45) is 0 Å². The molecule has 0 unspecified atom stereocenters. The topological polar surface area (TPSA) is 57.5 Å². The molecule has 15 heavy (non-hydrogen) atoms. The van der Waals surface area contributed by atoms with E-state index < -0.39 is 5.97 Å². The van der Waals surface area contributed by atoms with Crippen LogP contribution < -0.4 is 0 Å². The van der Waals surface area contributed by atoms with Crippen molar-refractivity contribution in [1.29, 1.82) is 0 Å². The first-order valence-electron chi connectivity index (χ1n) is 4.75. The van der Waals surface area contributed by atoms with Crippen molar-refractivity contribution >= 4 is 5.97 Å². The summed E-state index contributed by atoms with van der Waals surface area (Å²) in [6.45, 7) is 3.60. The van der Waals surface area contributed by atoms with E-state index in [2.05, 4.69) is 6.58 Å². The summed E-state index contributed by atoms with van der Waals surface area (Å²) in [5.41, 5.74) is 0.831. The predicted octanol–water partition coefficient (Wildman–Crippen LogP) is 2.53. The first-order chi connectivity index (χ1) is 7.13. The zero-order chi connectivity index (χ0) is 11.3. The molecule has 0 radical (unpaired) electrons. The lowest BCUT2D eigenvalue weighted by Gasteiger charge is -2.13. The molecule has 1 aromatic carbocycles. The minimum absolute atomic E-state index is 0.0511. The highest BCUT2D eigenvalue weighted by atomic mass is 16.4. The third-order valence-electron chi connectivity index (χ3n) is 2.21. The van der Waals surface area contributed by atoms with Gasteiger partial charge in [-0.3, -0.25) is 4.79 Å². The second kappa shape index (κ2) is 5.20. The number of aromatic hydroxyl groups is 1. The molecule has 0 aliphatic heterocycles. The summed E-state index contributed by atoms with van der Waals surface area (Å²) in [4.78, 5) is 10.6. The van der Waals surface area contributed by atoms with Crippen LogP contribution in [-0.2, 0) is 4.79 Å². The van der Waals surface area contributed by atoms with Gasteiger partial charge in [-0.15, -0.1) is 6.58 Å². The average Bonchev–Trinajstić information content (AvgIpc) is 2.16. The fourth-order valence-corrected chi connectivity index (χ4v) is 1.53. The van der Waals surface area contributed by atoms with Crippen LogP contribution >= 0.6 is 0 Å². The first kappa shape index (κ1) is 11.3.